The molecule has 0 unspecified atom stereocenters. The number of hydrogen-bond donors (Lipinski definition) is 0. The van der Waals surface area contributed by atoms with Crippen molar-refractivity contribution in [3.8, 4) is 0 Å². The first-order valence-corrected chi connectivity index (χ1v) is 10.00. The smallest absolute Gasteiger partial charge is 0.329 e. The van der Waals surface area contributed by atoms with Gasteiger partial charge < -0.3 is 4.74 Å². The summed E-state index contributed by atoms with van der Waals surface area (Å²) in [6.07, 6.45) is 2.92. The highest BCUT2D eigenvalue weighted by atomic mass is 79.9. The summed E-state index contributed by atoms with van der Waals surface area (Å²) in [5.41, 5.74) is 0.429. The number of likely N-dealkylation sites (tertiary alicyclic amines) is 1. The van der Waals surface area contributed by atoms with Gasteiger partial charge in [-0.1, -0.05) is 28.1 Å². The van der Waals surface area contributed by atoms with E-state index in [1.807, 2.05) is 0 Å². The molecule has 2 bridgehead atoms. The number of carbonyl (C=O) groups excluding carboxylic acids is 4. The summed E-state index contributed by atoms with van der Waals surface area (Å²) in [6, 6.07) is 5.72. The molecule has 142 valence electrons. The fourth-order valence-electron chi connectivity index (χ4n) is 4.90. The Morgan fingerprint density at radius 3 is 2.22 bits per heavy atom. The third-order valence-electron chi connectivity index (χ3n) is 6.20. The summed E-state index contributed by atoms with van der Waals surface area (Å²) in [7, 11) is 0. The van der Waals surface area contributed by atoms with Gasteiger partial charge in [-0.25, -0.2) is 4.79 Å². The molecule has 2 saturated carbocycles. The van der Waals surface area contributed by atoms with Crippen LogP contribution in [0.15, 0.2) is 28.7 Å². The molecule has 1 aromatic rings. The van der Waals surface area contributed by atoms with Gasteiger partial charge in [0.2, 0.25) is 11.8 Å². The van der Waals surface area contributed by atoms with Crippen LogP contribution in [0.5, 0.6) is 0 Å². The van der Waals surface area contributed by atoms with Crippen molar-refractivity contribution in [2.75, 3.05) is 6.61 Å². The Morgan fingerprint density at radius 1 is 1.11 bits per heavy atom. The van der Waals surface area contributed by atoms with Crippen molar-refractivity contribution in [1.29, 1.82) is 0 Å². The van der Waals surface area contributed by atoms with Gasteiger partial charge in [0.15, 0.2) is 12.4 Å². The molecule has 0 radical (unpaired) electrons. The number of Topliss-reactive ketones (excluding diaryl/α,β-unsaturated/α-hetero) is 1. The Morgan fingerprint density at radius 2 is 1.67 bits per heavy atom. The molecule has 5 atom stereocenters. The molecule has 3 fully saturated rings. The molecule has 6 nitrogen and oxygen atoms in total. The number of hydrogen-bond acceptors (Lipinski definition) is 5. The summed E-state index contributed by atoms with van der Waals surface area (Å²) >= 11 is 3.29. The van der Waals surface area contributed by atoms with Crippen molar-refractivity contribution < 1.29 is 23.9 Å². The number of fused-ring (bicyclic) bond motifs is 5. The first-order valence-electron chi connectivity index (χ1n) is 9.20. The molecule has 0 N–H and O–H groups in total. The molecule has 27 heavy (non-hydrogen) atoms. The lowest BCUT2D eigenvalue weighted by Gasteiger charge is -2.22. The number of ketones is 1. The first kappa shape index (κ1) is 18.3. The van der Waals surface area contributed by atoms with E-state index in [9.17, 15) is 19.2 Å². The molecule has 3 aliphatic rings. The van der Waals surface area contributed by atoms with Gasteiger partial charge in [0, 0.05) is 10.0 Å². The van der Waals surface area contributed by atoms with Crippen LogP contribution in [-0.4, -0.2) is 41.1 Å². The Balaban J connectivity index is 1.39. The summed E-state index contributed by atoms with van der Waals surface area (Å²) in [6.45, 7) is 1.07. The van der Waals surface area contributed by atoms with Crippen LogP contribution in [0.4, 0.5) is 0 Å². The fourth-order valence-corrected chi connectivity index (χ4v) is 5.16. The zero-order valence-electron chi connectivity index (χ0n) is 14.9. The second-order valence-corrected chi connectivity index (χ2v) is 8.56. The van der Waals surface area contributed by atoms with E-state index >= 15 is 0 Å². The number of amides is 2. The van der Waals surface area contributed by atoms with E-state index in [0.29, 0.717) is 5.56 Å². The Kier molecular flexibility index (Phi) is 4.66. The molecular weight excluding hydrogens is 414 g/mol. The first-order chi connectivity index (χ1) is 12.9. The van der Waals surface area contributed by atoms with Crippen molar-refractivity contribution >= 4 is 39.5 Å². The fraction of sp³-hybridized carbons (Fsp3) is 0.500. The topological polar surface area (TPSA) is 80.8 Å². The van der Waals surface area contributed by atoms with Gasteiger partial charge in [-0.05, 0) is 50.2 Å². The van der Waals surface area contributed by atoms with Gasteiger partial charge in [-0.15, -0.1) is 0 Å². The minimum absolute atomic E-state index is 0.249. The lowest BCUT2D eigenvalue weighted by atomic mass is 9.81. The van der Waals surface area contributed by atoms with E-state index in [1.54, 1.807) is 24.3 Å². The Bertz CT molecular complexity index is 792. The van der Waals surface area contributed by atoms with Gasteiger partial charge in [0.05, 0.1) is 11.8 Å². The largest absolute Gasteiger partial charge is 0.456 e. The monoisotopic (exact) mass is 433 g/mol. The summed E-state index contributed by atoms with van der Waals surface area (Å²) in [5.74, 6) is -1.56. The number of carbonyl (C=O) groups is 4. The molecule has 0 spiro atoms. The van der Waals surface area contributed by atoms with Gasteiger partial charge >= 0.3 is 5.97 Å². The number of benzene rings is 1. The summed E-state index contributed by atoms with van der Waals surface area (Å²) < 4.78 is 5.95. The number of imide groups is 1. The average molecular weight is 434 g/mol. The van der Waals surface area contributed by atoms with Crippen molar-refractivity contribution in [3.63, 3.8) is 0 Å². The molecule has 7 heteroatoms. The van der Waals surface area contributed by atoms with Crippen molar-refractivity contribution in [2.45, 2.75) is 32.2 Å². The Hall–Kier alpha value is -2.02. The quantitative estimate of drug-likeness (QED) is 0.404. The predicted molar refractivity (Wildman–Crippen MR) is 98.6 cm³/mol. The van der Waals surface area contributed by atoms with Gasteiger partial charge in [0.25, 0.3) is 0 Å². The van der Waals surface area contributed by atoms with Crippen LogP contribution in [-0.2, 0) is 19.1 Å². The number of ether oxygens (including phenoxy) is 1. The maximum atomic E-state index is 12.8. The highest BCUT2D eigenvalue weighted by Crippen LogP contribution is 2.56. The third-order valence-corrected chi connectivity index (χ3v) is 6.73. The van der Waals surface area contributed by atoms with Crippen LogP contribution in [0.2, 0.25) is 0 Å². The molecule has 1 aromatic carbocycles. The predicted octanol–water partition coefficient (Wildman–Crippen LogP) is 2.59. The van der Waals surface area contributed by atoms with Crippen LogP contribution in [0.1, 0.15) is 36.5 Å². The highest BCUT2D eigenvalue weighted by Gasteiger charge is 2.62. The van der Waals surface area contributed by atoms with Crippen LogP contribution in [0, 0.1) is 23.7 Å². The summed E-state index contributed by atoms with van der Waals surface area (Å²) in [4.78, 5) is 51.1. The number of nitrogens with zero attached hydrogens (tertiary/aromatic N) is 1. The van der Waals surface area contributed by atoms with Gasteiger partial charge in [0.1, 0.15) is 6.04 Å². The molecule has 1 saturated heterocycles. The number of esters is 1. The minimum atomic E-state index is -1.01. The van der Waals surface area contributed by atoms with Crippen molar-refractivity contribution in [3.05, 3.63) is 34.3 Å². The van der Waals surface area contributed by atoms with Crippen molar-refractivity contribution in [2.24, 2.45) is 23.7 Å². The maximum absolute atomic E-state index is 12.8. The highest BCUT2D eigenvalue weighted by molar-refractivity contribution is 9.10. The third kappa shape index (κ3) is 3.02. The second-order valence-electron chi connectivity index (χ2n) is 7.65. The minimum Gasteiger partial charge on any atom is -0.456 e. The standard InChI is InChI=1S/C20H20BrNO5/c1-10(20(26)27-9-15(23)11-4-6-14(21)7-5-11)22-18(24)16-12-2-3-13(8-12)17(16)19(22)25/h4-7,10,12-13,16-17H,2-3,8-9H2,1H3/t10-,12-,13+,16+,17-/m1/s1. The van der Waals surface area contributed by atoms with E-state index in [0.717, 1.165) is 28.6 Å². The number of halogens is 1. The van der Waals surface area contributed by atoms with E-state index in [-0.39, 0.29) is 41.3 Å². The van der Waals surface area contributed by atoms with E-state index < -0.39 is 18.6 Å². The molecule has 4 rings (SSSR count). The second kappa shape index (κ2) is 6.86. The molecule has 1 aliphatic heterocycles. The molecular formula is C20H20BrNO5. The van der Waals surface area contributed by atoms with Gasteiger partial charge in [-0.2, -0.15) is 0 Å². The van der Waals surface area contributed by atoms with E-state index in [2.05, 4.69) is 15.9 Å². The SMILES string of the molecule is C[C@H](C(=O)OCC(=O)c1ccc(Br)cc1)N1C(=O)[C@@H]2[C@H]3CC[C@H](C3)[C@@H]2C1=O. The zero-order valence-corrected chi connectivity index (χ0v) is 16.5. The van der Waals surface area contributed by atoms with Crippen LogP contribution in [0.25, 0.3) is 0 Å². The zero-order chi connectivity index (χ0) is 19.3. The van der Waals surface area contributed by atoms with Gasteiger partial charge in [-0.3, -0.25) is 19.3 Å². The molecule has 2 aliphatic carbocycles. The molecule has 0 aromatic heterocycles. The maximum Gasteiger partial charge on any atom is 0.329 e. The average Bonchev–Trinajstić information content (AvgIpc) is 3.33. The molecule has 2 amide bonds. The van der Waals surface area contributed by atoms with Crippen LogP contribution in [0.3, 0.4) is 0 Å². The van der Waals surface area contributed by atoms with Crippen LogP contribution >= 0.6 is 15.9 Å². The lowest BCUT2D eigenvalue weighted by molar-refractivity contribution is -0.157. The van der Waals surface area contributed by atoms with Crippen molar-refractivity contribution in [1.82, 2.24) is 4.90 Å². The normalized spacial score (nSPS) is 29.8. The van der Waals surface area contributed by atoms with E-state index in [1.165, 1.54) is 6.92 Å². The lowest BCUT2D eigenvalue weighted by Crippen LogP contribution is -2.45. The van der Waals surface area contributed by atoms with Crippen LogP contribution < -0.4 is 0 Å². The summed E-state index contributed by atoms with van der Waals surface area (Å²) in [5, 5.41) is 0. The Labute approximate surface area is 165 Å². The molecule has 1 heterocycles. The number of rotatable bonds is 5. The van der Waals surface area contributed by atoms with E-state index in [4.69, 9.17) is 4.74 Å².